The van der Waals surface area contributed by atoms with Crippen molar-refractivity contribution in [2.45, 2.75) is 127 Å². The van der Waals surface area contributed by atoms with Crippen molar-refractivity contribution in [3.63, 3.8) is 0 Å². The Kier molecular flexibility index (Phi) is 10.8. The Bertz CT molecular complexity index is 808. The van der Waals surface area contributed by atoms with E-state index in [-0.39, 0.29) is 13.0 Å². The SMILES string of the molecule is CCCCCCCCCCCCCCCC(=O)OC[C@H]1C(=O)N2[C@@H](C(=O)O)C(C)(C)S(=O)(=O)[C@H]12. The number of hydrogen-bond acceptors (Lipinski definition) is 6. The standard InChI is InChI=1S/C25H43NO7S/c1-4-5-6-7-8-9-10-11-12-13-14-15-16-17-20(27)33-18-19-22(28)26-21(24(29)30)25(2,3)34(31,32)23(19)26/h19,21,23H,4-18H2,1-3H3,(H,29,30)/t19-,21-,23+/m0/s1. The van der Waals surface area contributed by atoms with Gasteiger partial charge >= 0.3 is 11.9 Å². The lowest BCUT2D eigenvalue weighted by Gasteiger charge is -2.42. The van der Waals surface area contributed by atoms with Gasteiger partial charge in [-0.25, -0.2) is 13.2 Å². The average Bonchev–Trinajstić information content (AvgIpc) is 2.91. The maximum absolute atomic E-state index is 12.8. The van der Waals surface area contributed by atoms with E-state index in [2.05, 4.69) is 6.92 Å². The molecule has 0 unspecified atom stereocenters. The molecule has 0 aromatic carbocycles. The van der Waals surface area contributed by atoms with Gasteiger partial charge in [0.15, 0.2) is 15.2 Å². The third kappa shape index (κ3) is 6.52. The van der Waals surface area contributed by atoms with Gasteiger partial charge in [0.05, 0.1) is 4.75 Å². The zero-order valence-electron chi connectivity index (χ0n) is 21.1. The van der Waals surface area contributed by atoms with E-state index in [4.69, 9.17) is 4.74 Å². The van der Waals surface area contributed by atoms with Gasteiger partial charge in [0.1, 0.15) is 18.6 Å². The van der Waals surface area contributed by atoms with Gasteiger partial charge in [-0.2, -0.15) is 0 Å². The fourth-order valence-electron chi connectivity index (χ4n) is 5.10. The normalized spacial score (nSPS) is 24.5. The van der Waals surface area contributed by atoms with Crippen LogP contribution >= 0.6 is 0 Å². The van der Waals surface area contributed by atoms with E-state index in [0.717, 1.165) is 24.2 Å². The van der Waals surface area contributed by atoms with Crippen molar-refractivity contribution in [2.75, 3.05) is 6.61 Å². The first-order chi connectivity index (χ1) is 16.1. The summed E-state index contributed by atoms with van der Waals surface area (Å²) in [6, 6.07) is -1.42. The molecule has 0 radical (unpaired) electrons. The number of aliphatic carboxylic acids is 1. The molecule has 2 heterocycles. The second-order valence-electron chi connectivity index (χ2n) is 10.3. The summed E-state index contributed by atoms with van der Waals surface area (Å²) in [4.78, 5) is 37.0. The van der Waals surface area contributed by atoms with E-state index in [1.54, 1.807) is 0 Å². The number of sulfone groups is 1. The van der Waals surface area contributed by atoms with E-state index in [1.807, 2.05) is 0 Å². The van der Waals surface area contributed by atoms with Gasteiger partial charge in [-0.05, 0) is 20.3 Å². The van der Waals surface area contributed by atoms with Gasteiger partial charge in [-0.3, -0.25) is 9.59 Å². The number of carboxylic acid groups (broad SMARTS) is 1. The van der Waals surface area contributed by atoms with Crippen LogP contribution in [-0.4, -0.2) is 59.0 Å². The Balaban J connectivity index is 1.57. The Labute approximate surface area is 204 Å². The number of nitrogens with zero attached hydrogens (tertiary/aromatic N) is 1. The minimum absolute atomic E-state index is 0.239. The minimum atomic E-state index is -3.90. The molecule has 8 nitrogen and oxygen atoms in total. The molecule has 3 atom stereocenters. The highest BCUT2D eigenvalue weighted by atomic mass is 32.2. The number of amides is 1. The molecule has 34 heavy (non-hydrogen) atoms. The van der Waals surface area contributed by atoms with Crippen LogP contribution in [0.15, 0.2) is 0 Å². The van der Waals surface area contributed by atoms with Crippen LogP contribution in [0.2, 0.25) is 0 Å². The summed E-state index contributed by atoms with van der Waals surface area (Å²) in [6.45, 7) is 4.56. The molecule has 9 heteroatoms. The van der Waals surface area contributed by atoms with E-state index in [0.29, 0.717) is 6.42 Å². The van der Waals surface area contributed by atoms with Crippen LogP contribution in [0.1, 0.15) is 111 Å². The molecule has 2 saturated heterocycles. The van der Waals surface area contributed by atoms with Gasteiger partial charge in [0.25, 0.3) is 0 Å². The smallest absolute Gasteiger partial charge is 0.328 e. The van der Waals surface area contributed by atoms with E-state index >= 15 is 0 Å². The molecule has 2 aliphatic rings. The van der Waals surface area contributed by atoms with E-state index in [1.165, 1.54) is 71.6 Å². The lowest BCUT2D eigenvalue weighted by Crippen LogP contribution is -2.64. The lowest BCUT2D eigenvalue weighted by atomic mass is 9.92. The predicted molar refractivity (Wildman–Crippen MR) is 130 cm³/mol. The highest BCUT2D eigenvalue weighted by Crippen LogP contribution is 2.48. The summed E-state index contributed by atoms with van der Waals surface area (Å²) in [5, 5.41) is 8.19. The summed E-state index contributed by atoms with van der Waals surface area (Å²) >= 11 is 0. The van der Waals surface area contributed by atoms with Crippen LogP contribution in [0.3, 0.4) is 0 Å². The highest BCUT2D eigenvalue weighted by molar-refractivity contribution is 7.93. The zero-order chi connectivity index (χ0) is 25.4. The molecule has 196 valence electrons. The first-order valence-electron chi connectivity index (χ1n) is 13.0. The van der Waals surface area contributed by atoms with Crippen molar-refractivity contribution in [3.8, 4) is 0 Å². The van der Waals surface area contributed by atoms with Crippen molar-refractivity contribution in [3.05, 3.63) is 0 Å². The molecular formula is C25H43NO7S. The van der Waals surface area contributed by atoms with Crippen molar-refractivity contribution >= 4 is 27.7 Å². The first kappa shape index (κ1) is 28.6. The zero-order valence-corrected chi connectivity index (χ0v) is 21.9. The number of carbonyl (C=O) groups is 3. The van der Waals surface area contributed by atoms with Gasteiger partial charge < -0.3 is 14.7 Å². The number of ether oxygens (including phenoxy) is 1. The quantitative estimate of drug-likeness (QED) is 0.178. The molecule has 0 bridgehead atoms. The number of esters is 1. The minimum Gasteiger partial charge on any atom is -0.480 e. The van der Waals surface area contributed by atoms with Crippen molar-refractivity contribution in [1.82, 2.24) is 4.90 Å². The Morgan fingerprint density at radius 1 is 0.912 bits per heavy atom. The Hall–Kier alpha value is -1.64. The highest BCUT2D eigenvalue weighted by Gasteiger charge is 2.72. The molecule has 0 aromatic heterocycles. The van der Waals surface area contributed by atoms with Crippen molar-refractivity contribution in [1.29, 1.82) is 0 Å². The predicted octanol–water partition coefficient (Wildman–Crippen LogP) is 4.46. The van der Waals surface area contributed by atoms with Gasteiger partial charge in [0.2, 0.25) is 5.91 Å². The maximum Gasteiger partial charge on any atom is 0.328 e. The monoisotopic (exact) mass is 501 g/mol. The summed E-state index contributed by atoms with van der Waals surface area (Å²) < 4.78 is 29.2. The topological polar surface area (TPSA) is 118 Å². The second kappa shape index (κ2) is 12.9. The second-order valence-corrected chi connectivity index (χ2v) is 12.9. The number of hydrogen-bond donors (Lipinski definition) is 1. The Morgan fingerprint density at radius 3 is 1.85 bits per heavy atom. The summed E-state index contributed by atoms with van der Waals surface area (Å²) in [6.07, 6.45) is 15.9. The molecular weight excluding hydrogens is 458 g/mol. The number of carbonyl (C=O) groups excluding carboxylic acids is 2. The van der Waals surface area contributed by atoms with Gasteiger partial charge in [-0.1, -0.05) is 84.0 Å². The van der Waals surface area contributed by atoms with Crippen molar-refractivity contribution < 1.29 is 32.6 Å². The molecule has 0 aliphatic carbocycles. The number of rotatable bonds is 17. The molecule has 0 spiro atoms. The molecule has 2 aliphatic heterocycles. The summed E-state index contributed by atoms with van der Waals surface area (Å²) in [7, 11) is -3.90. The number of carboxylic acids is 1. The van der Waals surface area contributed by atoms with Crippen molar-refractivity contribution in [2.24, 2.45) is 5.92 Å². The van der Waals surface area contributed by atoms with Crippen LogP contribution < -0.4 is 0 Å². The molecule has 0 saturated carbocycles. The summed E-state index contributed by atoms with van der Waals surface area (Å²) in [5.74, 6) is -3.40. The largest absolute Gasteiger partial charge is 0.480 e. The molecule has 2 rings (SSSR count). The fourth-order valence-corrected chi connectivity index (χ4v) is 7.40. The third-order valence-corrected chi connectivity index (χ3v) is 10.2. The van der Waals surface area contributed by atoms with Crippen LogP contribution in [0.4, 0.5) is 0 Å². The van der Waals surface area contributed by atoms with Crippen LogP contribution in [0.5, 0.6) is 0 Å². The van der Waals surface area contributed by atoms with E-state index < -0.39 is 49.8 Å². The number of unbranched alkanes of at least 4 members (excludes halogenated alkanes) is 12. The Morgan fingerprint density at radius 2 is 1.38 bits per heavy atom. The van der Waals surface area contributed by atoms with Crippen LogP contribution in [0.25, 0.3) is 0 Å². The van der Waals surface area contributed by atoms with E-state index in [9.17, 15) is 27.9 Å². The molecule has 1 amide bonds. The van der Waals surface area contributed by atoms with Crippen LogP contribution in [-0.2, 0) is 29.0 Å². The third-order valence-electron chi connectivity index (χ3n) is 7.32. The number of β-lactam (4-membered cyclic amide) rings is 1. The maximum atomic E-state index is 12.8. The van der Waals surface area contributed by atoms with Crippen LogP contribution in [0, 0.1) is 5.92 Å². The first-order valence-corrected chi connectivity index (χ1v) is 14.6. The summed E-state index contributed by atoms with van der Waals surface area (Å²) in [5.41, 5.74) is 0. The lowest BCUT2D eigenvalue weighted by molar-refractivity contribution is -0.168. The molecule has 1 N–H and O–H groups in total. The fraction of sp³-hybridized carbons (Fsp3) is 0.880. The van der Waals surface area contributed by atoms with Gasteiger partial charge in [0, 0.05) is 6.42 Å². The van der Waals surface area contributed by atoms with Gasteiger partial charge in [-0.15, -0.1) is 0 Å². The molecule has 0 aromatic rings. The number of fused-ring (bicyclic) bond motifs is 1. The molecule has 2 fully saturated rings. The average molecular weight is 502 g/mol.